The van der Waals surface area contributed by atoms with Crippen LogP contribution in [0.3, 0.4) is 0 Å². The molecule has 2 heterocycles. The number of imide groups is 2. The van der Waals surface area contributed by atoms with Crippen molar-refractivity contribution in [1.82, 2.24) is 4.90 Å². The summed E-state index contributed by atoms with van der Waals surface area (Å²) in [5.41, 5.74) is 1.40. The Bertz CT molecular complexity index is 1060. The molecule has 6 aliphatic rings. The average Bonchev–Trinajstić information content (AvgIpc) is 3.59. The summed E-state index contributed by atoms with van der Waals surface area (Å²) < 4.78 is 0. The third kappa shape index (κ3) is 2.13. The molecule has 6 nitrogen and oxygen atoms in total. The van der Waals surface area contributed by atoms with Crippen molar-refractivity contribution >= 4 is 29.3 Å². The quantitative estimate of drug-likeness (QED) is 0.562. The highest BCUT2D eigenvalue weighted by molar-refractivity contribution is 6.22. The zero-order valence-corrected chi connectivity index (χ0v) is 16.9. The van der Waals surface area contributed by atoms with Crippen molar-refractivity contribution in [3.63, 3.8) is 0 Å². The lowest BCUT2D eigenvalue weighted by atomic mass is 9.85. The molecule has 156 valence electrons. The van der Waals surface area contributed by atoms with E-state index in [0.717, 1.165) is 18.4 Å². The largest absolute Gasteiger partial charge is 0.278 e. The molecule has 8 unspecified atom stereocenters. The molecule has 6 heteroatoms. The predicted octanol–water partition coefficient (Wildman–Crippen LogP) is 2.31. The van der Waals surface area contributed by atoms with Crippen molar-refractivity contribution in [2.24, 2.45) is 47.3 Å². The van der Waals surface area contributed by atoms with Crippen LogP contribution in [-0.2, 0) is 25.7 Å². The zero-order chi connectivity index (χ0) is 21.0. The number of benzene rings is 1. The van der Waals surface area contributed by atoms with Gasteiger partial charge in [-0.3, -0.25) is 29.0 Å². The molecular weight excluding hydrogens is 392 g/mol. The lowest BCUT2D eigenvalue weighted by Gasteiger charge is -2.19. The van der Waals surface area contributed by atoms with E-state index < -0.39 is 0 Å². The van der Waals surface area contributed by atoms with Crippen LogP contribution in [0.2, 0.25) is 0 Å². The summed E-state index contributed by atoms with van der Waals surface area (Å²) in [7, 11) is 0. The third-order valence-electron chi connectivity index (χ3n) is 8.57. The van der Waals surface area contributed by atoms with Gasteiger partial charge >= 0.3 is 0 Å². The van der Waals surface area contributed by atoms with Crippen LogP contribution in [0, 0.1) is 47.3 Å². The Balaban J connectivity index is 1.11. The van der Waals surface area contributed by atoms with E-state index in [2.05, 4.69) is 24.3 Å². The van der Waals surface area contributed by atoms with Crippen molar-refractivity contribution in [2.75, 3.05) is 4.90 Å². The minimum Gasteiger partial charge on any atom is -0.278 e. The number of fused-ring (bicyclic) bond motifs is 10. The first-order valence-electron chi connectivity index (χ1n) is 11.2. The van der Waals surface area contributed by atoms with E-state index in [1.54, 1.807) is 12.1 Å². The molecule has 31 heavy (non-hydrogen) atoms. The number of likely N-dealkylation sites (tertiary alicyclic amines) is 1. The number of carbonyl (C=O) groups excluding carboxylic acids is 4. The Labute approximate surface area is 179 Å². The van der Waals surface area contributed by atoms with Crippen molar-refractivity contribution < 1.29 is 19.2 Å². The number of nitrogens with zero attached hydrogens (tertiary/aromatic N) is 2. The SMILES string of the molecule is O=C1C2C3C=CC(C3)C2C(=O)N1Cc1ccc(N2C(=O)C3C4C=CC(C4)C3C2=O)cc1. The highest BCUT2D eigenvalue weighted by Gasteiger charge is 2.60. The highest BCUT2D eigenvalue weighted by Crippen LogP contribution is 2.54. The van der Waals surface area contributed by atoms with Crippen molar-refractivity contribution in [3.05, 3.63) is 54.1 Å². The van der Waals surface area contributed by atoms with Gasteiger partial charge in [-0.1, -0.05) is 36.4 Å². The van der Waals surface area contributed by atoms with Gasteiger partial charge in [0.25, 0.3) is 0 Å². The Morgan fingerprint density at radius 3 is 1.48 bits per heavy atom. The van der Waals surface area contributed by atoms with E-state index in [1.165, 1.54) is 9.80 Å². The van der Waals surface area contributed by atoms with Gasteiger partial charge in [0.15, 0.2) is 0 Å². The molecule has 2 saturated heterocycles. The fourth-order valence-electron chi connectivity index (χ4n) is 7.21. The molecule has 2 aliphatic heterocycles. The van der Waals surface area contributed by atoms with Crippen LogP contribution in [0.25, 0.3) is 0 Å². The van der Waals surface area contributed by atoms with E-state index >= 15 is 0 Å². The van der Waals surface area contributed by atoms with Gasteiger partial charge in [0, 0.05) is 0 Å². The predicted molar refractivity (Wildman–Crippen MR) is 110 cm³/mol. The van der Waals surface area contributed by atoms with Gasteiger partial charge in [0.1, 0.15) is 0 Å². The van der Waals surface area contributed by atoms with Gasteiger partial charge in [0.2, 0.25) is 23.6 Å². The fraction of sp³-hybridized carbons (Fsp3) is 0.440. The number of rotatable bonds is 3. The molecule has 2 saturated carbocycles. The molecule has 0 aromatic heterocycles. The minimum atomic E-state index is -0.217. The van der Waals surface area contributed by atoms with E-state index in [0.29, 0.717) is 5.69 Å². The van der Waals surface area contributed by atoms with Gasteiger partial charge in [-0.05, 0) is 54.2 Å². The number of anilines is 1. The van der Waals surface area contributed by atoms with Crippen LogP contribution in [0.5, 0.6) is 0 Å². The molecule has 4 bridgehead atoms. The summed E-state index contributed by atoms with van der Waals surface area (Å²) >= 11 is 0. The van der Waals surface area contributed by atoms with Gasteiger partial charge in [-0.2, -0.15) is 0 Å². The normalized spacial score (nSPS) is 41.3. The molecule has 8 atom stereocenters. The first kappa shape index (κ1) is 17.6. The number of hydrogen-bond acceptors (Lipinski definition) is 4. The second kappa shape index (κ2) is 5.81. The number of allylic oxidation sites excluding steroid dienone is 4. The maximum Gasteiger partial charge on any atom is 0.238 e. The summed E-state index contributed by atoms with van der Waals surface area (Å²) in [6, 6.07) is 7.16. The smallest absolute Gasteiger partial charge is 0.238 e. The maximum absolute atomic E-state index is 13.0. The highest BCUT2D eigenvalue weighted by atomic mass is 16.2. The van der Waals surface area contributed by atoms with Gasteiger partial charge in [-0.25, -0.2) is 0 Å². The topological polar surface area (TPSA) is 74.8 Å². The summed E-state index contributed by atoms with van der Waals surface area (Å²) in [6.45, 7) is 0.242. The number of amides is 4. The number of hydrogen-bond donors (Lipinski definition) is 0. The minimum absolute atomic E-state index is 0.0587. The second-order valence-electron chi connectivity index (χ2n) is 9.94. The molecule has 0 radical (unpaired) electrons. The van der Waals surface area contributed by atoms with Gasteiger partial charge < -0.3 is 0 Å². The molecule has 4 amide bonds. The van der Waals surface area contributed by atoms with Crippen LogP contribution >= 0.6 is 0 Å². The van der Waals surface area contributed by atoms with Crippen LogP contribution in [0.15, 0.2) is 48.6 Å². The van der Waals surface area contributed by atoms with E-state index in [1.807, 2.05) is 12.1 Å². The first-order chi connectivity index (χ1) is 15.0. The Morgan fingerprint density at radius 1 is 0.613 bits per heavy atom. The second-order valence-corrected chi connectivity index (χ2v) is 9.94. The van der Waals surface area contributed by atoms with E-state index in [-0.39, 0.29) is 77.5 Å². The molecule has 1 aromatic rings. The maximum atomic E-state index is 13.0. The molecule has 0 N–H and O–H groups in total. The van der Waals surface area contributed by atoms with Crippen LogP contribution in [0.4, 0.5) is 5.69 Å². The summed E-state index contributed by atoms with van der Waals surface area (Å²) in [6.07, 6.45) is 10.2. The zero-order valence-electron chi connectivity index (χ0n) is 16.9. The van der Waals surface area contributed by atoms with Crippen molar-refractivity contribution in [2.45, 2.75) is 19.4 Å². The van der Waals surface area contributed by atoms with Crippen LogP contribution in [0.1, 0.15) is 18.4 Å². The molecule has 0 spiro atoms. The molecule has 4 aliphatic carbocycles. The lowest BCUT2D eigenvalue weighted by Crippen LogP contribution is -2.33. The van der Waals surface area contributed by atoms with Crippen molar-refractivity contribution in [1.29, 1.82) is 0 Å². The third-order valence-corrected chi connectivity index (χ3v) is 8.57. The molecular formula is C25H22N2O4. The van der Waals surface area contributed by atoms with Crippen LogP contribution in [-0.4, -0.2) is 28.5 Å². The summed E-state index contributed by atoms with van der Waals surface area (Å²) in [5.74, 6) is -0.343. The lowest BCUT2D eigenvalue weighted by molar-refractivity contribution is -0.141. The van der Waals surface area contributed by atoms with E-state index in [9.17, 15) is 19.2 Å². The van der Waals surface area contributed by atoms with Crippen LogP contribution < -0.4 is 4.90 Å². The fourth-order valence-corrected chi connectivity index (χ4v) is 7.21. The van der Waals surface area contributed by atoms with Gasteiger partial charge in [-0.15, -0.1) is 0 Å². The number of carbonyl (C=O) groups is 4. The molecule has 1 aromatic carbocycles. The summed E-state index contributed by atoms with van der Waals surface area (Å²) in [4.78, 5) is 54.5. The monoisotopic (exact) mass is 414 g/mol. The standard InChI is InChI=1S/C25H22N2O4/c28-22-18-13-3-4-14(9-13)19(18)23(29)26(22)11-12-1-7-17(8-2-12)27-24(30)20-15-5-6-16(10-15)21(20)25(27)31/h1-8,13-16,18-21H,9-11H2. The Kier molecular flexibility index (Phi) is 3.31. The molecule has 7 rings (SSSR count). The first-order valence-corrected chi connectivity index (χ1v) is 11.2. The summed E-state index contributed by atoms with van der Waals surface area (Å²) in [5, 5.41) is 0. The average molecular weight is 414 g/mol. The van der Waals surface area contributed by atoms with Gasteiger partial charge in [0.05, 0.1) is 35.9 Å². The van der Waals surface area contributed by atoms with Crippen molar-refractivity contribution in [3.8, 4) is 0 Å². The Hall–Kier alpha value is -3.02. The Morgan fingerprint density at radius 2 is 1.03 bits per heavy atom. The molecule has 4 fully saturated rings. The van der Waals surface area contributed by atoms with E-state index in [4.69, 9.17) is 0 Å².